The normalized spacial score (nSPS) is 7.64. The fourth-order valence-electron chi connectivity index (χ4n) is 0.482. The number of carbonyl (C=O) groups is 1. The second kappa shape index (κ2) is 11.5. The Hall–Kier alpha value is 1.55. The molecule has 11 heavy (non-hydrogen) atoms. The molecule has 60 valence electrons. The molecule has 0 aliphatic heterocycles. The van der Waals surface area contributed by atoms with Gasteiger partial charge in [0.25, 0.3) is 0 Å². The van der Waals surface area contributed by atoms with Crippen molar-refractivity contribution in [2.45, 2.75) is 33.2 Å². The molecule has 0 saturated heterocycles. The minimum Gasteiger partial charge on any atom is -0.678 e. The molecule has 0 atom stereocenters. The van der Waals surface area contributed by atoms with Crippen LogP contribution in [0.3, 0.4) is 0 Å². The van der Waals surface area contributed by atoms with Crippen molar-refractivity contribution in [2.75, 3.05) is 0 Å². The molecular formula is C7H13NOY2-2. The molecule has 0 aliphatic carbocycles. The van der Waals surface area contributed by atoms with E-state index in [0.717, 1.165) is 6.42 Å². The van der Waals surface area contributed by atoms with Gasteiger partial charge in [0.2, 0.25) is 0 Å². The van der Waals surface area contributed by atoms with E-state index in [0.29, 0.717) is 0 Å². The van der Waals surface area contributed by atoms with Crippen LogP contribution >= 0.6 is 0 Å². The number of carbonyl (C=O) groups excluding carboxylic acids is 1. The summed E-state index contributed by atoms with van der Waals surface area (Å²) in [5, 5.41) is 3.77. The first-order valence-corrected chi connectivity index (χ1v) is 3.24. The number of amides is 1. The molecule has 0 aliphatic rings. The van der Waals surface area contributed by atoms with E-state index in [9.17, 15) is 4.79 Å². The largest absolute Gasteiger partial charge is 0.678 e. The van der Waals surface area contributed by atoms with Crippen LogP contribution in [0.4, 0.5) is 0 Å². The summed E-state index contributed by atoms with van der Waals surface area (Å²) in [4.78, 5) is 10.6. The van der Waals surface area contributed by atoms with Crippen LogP contribution < -0.4 is 0 Å². The number of hydrogen-bond donors (Lipinski definition) is 0. The van der Waals surface area contributed by atoms with Gasteiger partial charge in [0, 0.05) is 65.4 Å². The third kappa shape index (κ3) is 14.4. The fourth-order valence-corrected chi connectivity index (χ4v) is 0.482. The standard InChI is InChI=1S/C7H14NO.2Y/c1-4-5-7(9)8-6(2)3;;/h5-6H,4H2,1-3H3,(H,8,9);;/q-1;;/p-1. The van der Waals surface area contributed by atoms with E-state index in [2.05, 4.69) is 5.32 Å². The van der Waals surface area contributed by atoms with Crippen molar-refractivity contribution in [3.63, 3.8) is 0 Å². The van der Waals surface area contributed by atoms with Gasteiger partial charge in [-0.15, -0.1) is 6.04 Å². The van der Waals surface area contributed by atoms with E-state index in [1.165, 1.54) is 0 Å². The van der Waals surface area contributed by atoms with Gasteiger partial charge in [0.1, 0.15) is 0 Å². The van der Waals surface area contributed by atoms with Crippen molar-refractivity contribution in [3.05, 3.63) is 11.7 Å². The Labute approximate surface area is 119 Å². The van der Waals surface area contributed by atoms with Gasteiger partial charge in [-0.05, 0) is 0 Å². The van der Waals surface area contributed by atoms with Crippen LogP contribution in [0.15, 0.2) is 0 Å². The topological polar surface area (TPSA) is 31.2 Å². The van der Waals surface area contributed by atoms with Gasteiger partial charge in [-0.1, -0.05) is 26.7 Å². The van der Waals surface area contributed by atoms with Crippen LogP contribution in [-0.2, 0) is 70.2 Å². The third-order valence-corrected chi connectivity index (χ3v) is 0.764. The second-order valence-electron chi connectivity index (χ2n) is 2.17. The van der Waals surface area contributed by atoms with E-state index < -0.39 is 0 Å². The number of nitrogens with zero attached hydrogens (tertiary/aromatic N) is 1. The molecule has 2 radical (unpaired) electrons. The summed E-state index contributed by atoms with van der Waals surface area (Å²) in [5.74, 6) is -0.0903. The van der Waals surface area contributed by atoms with E-state index in [-0.39, 0.29) is 77.4 Å². The van der Waals surface area contributed by atoms with E-state index >= 15 is 0 Å². The van der Waals surface area contributed by atoms with Crippen molar-refractivity contribution in [2.24, 2.45) is 0 Å². The molecule has 0 bridgehead atoms. The molecule has 0 aromatic rings. The Morgan fingerprint density at radius 1 is 1.45 bits per heavy atom. The second-order valence-corrected chi connectivity index (χ2v) is 2.17. The minimum absolute atomic E-state index is 0. The first-order valence-electron chi connectivity index (χ1n) is 3.24. The molecular weight excluding hydrogens is 292 g/mol. The third-order valence-electron chi connectivity index (χ3n) is 0.764. The van der Waals surface area contributed by atoms with Gasteiger partial charge in [0.15, 0.2) is 0 Å². The van der Waals surface area contributed by atoms with Gasteiger partial charge in [-0.25, -0.2) is 0 Å². The smallest absolute Gasteiger partial charge is 0 e. The van der Waals surface area contributed by atoms with Gasteiger partial charge in [0.05, 0.1) is 0 Å². The zero-order chi connectivity index (χ0) is 7.28. The Balaban J connectivity index is -0.000000320. The summed E-state index contributed by atoms with van der Waals surface area (Å²) >= 11 is 0. The summed E-state index contributed by atoms with van der Waals surface area (Å²) in [6.45, 7) is 5.70. The summed E-state index contributed by atoms with van der Waals surface area (Å²) in [6.07, 6.45) is 2.36. The summed E-state index contributed by atoms with van der Waals surface area (Å²) in [7, 11) is 0. The van der Waals surface area contributed by atoms with Crippen LogP contribution in [0.5, 0.6) is 0 Å². The van der Waals surface area contributed by atoms with E-state index in [4.69, 9.17) is 0 Å². The van der Waals surface area contributed by atoms with Gasteiger partial charge >= 0.3 is 0 Å². The van der Waals surface area contributed by atoms with Crippen molar-refractivity contribution in [1.82, 2.24) is 0 Å². The van der Waals surface area contributed by atoms with Gasteiger partial charge in [-0.2, -0.15) is 6.42 Å². The quantitative estimate of drug-likeness (QED) is 0.733. The van der Waals surface area contributed by atoms with Gasteiger partial charge in [-0.3, -0.25) is 0 Å². The maximum Gasteiger partial charge on any atom is 0 e. The predicted octanol–water partition coefficient (Wildman–Crippen LogP) is 1.90. The Morgan fingerprint density at radius 2 is 1.91 bits per heavy atom. The molecule has 0 aromatic carbocycles. The van der Waals surface area contributed by atoms with Crippen LogP contribution in [0, 0.1) is 6.42 Å². The monoisotopic (exact) mass is 305 g/mol. The van der Waals surface area contributed by atoms with E-state index in [1.54, 1.807) is 6.42 Å². The van der Waals surface area contributed by atoms with E-state index in [1.807, 2.05) is 20.8 Å². The Morgan fingerprint density at radius 3 is 2.18 bits per heavy atom. The Kier molecular flexibility index (Phi) is 19.3. The summed E-state index contributed by atoms with van der Waals surface area (Å²) < 4.78 is 0. The van der Waals surface area contributed by atoms with Crippen LogP contribution in [0.2, 0.25) is 0 Å². The molecule has 0 aromatic heterocycles. The predicted molar refractivity (Wildman–Crippen MR) is 38.1 cm³/mol. The fraction of sp³-hybridized carbons (Fsp3) is 0.714. The Bertz CT molecular complexity index is 96.4. The SMILES string of the molecule is CC[CH-]C(=O)[N-]C(C)C.[Y].[Y]. The maximum absolute atomic E-state index is 10.6. The number of hydrogen-bond acceptors (Lipinski definition) is 1. The van der Waals surface area contributed by atoms with Gasteiger partial charge < -0.3 is 16.5 Å². The van der Waals surface area contributed by atoms with Crippen molar-refractivity contribution in [3.8, 4) is 0 Å². The van der Waals surface area contributed by atoms with Crippen LogP contribution in [-0.4, -0.2) is 11.9 Å². The molecule has 0 unspecified atom stereocenters. The zero-order valence-corrected chi connectivity index (χ0v) is 13.0. The molecule has 0 heterocycles. The number of rotatable bonds is 3. The molecule has 1 amide bonds. The zero-order valence-electron chi connectivity index (χ0n) is 7.37. The van der Waals surface area contributed by atoms with Crippen molar-refractivity contribution >= 4 is 5.91 Å². The van der Waals surface area contributed by atoms with Crippen molar-refractivity contribution < 1.29 is 70.2 Å². The molecule has 0 N–H and O–H groups in total. The summed E-state index contributed by atoms with van der Waals surface area (Å²) in [5.41, 5.74) is 0. The van der Waals surface area contributed by atoms with Crippen LogP contribution in [0.25, 0.3) is 5.32 Å². The average molecular weight is 305 g/mol. The van der Waals surface area contributed by atoms with Crippen LogP contribution in [0.1, 0.15) is 27.2 Å². The molecule has 0 fully saturated rings. The summed E-state index contributed by atoms with van der Waals surface area (Å²) in [6, 6.07) is 0.125. The maximum atomic E-state index is 10.6. The molecule has 0 rings (SSSR count). The van der Waals surface area contributed by atoms with Crippen molar-refractivity contribution in [1.29, 1.82) is 0 Å². The molecule has 4 heteroatoms. The first kappa shape index (κ1) is 18.4. The molecule has 0 spiro atoms. The average Bonchev–Trinajstić information content (AvgIpc) is 1.63. The first-order chi connectivity index (χ1) is 4.16. The molecule has 2 nitrogen and oxygen atoms in total. The minimum atomic E-state index is -0.0903. The molecule has 0 saturated carbocycles.